The summed E-state index contributed by atoms with van der Waals surface area (Å²) >= 11 is 0. The summed E-state index contributed by atoms with van der Waals surface area (Å²) in [6.45, 7) is 7.19. The second-order valence-corrected chi connectivity index (χ2v) is 24.3. The SMILES string of the molecule is C[Si](CCc1ccccc1)(O[Si](C)(O[Si](C)(CCC1CCC2OC2C1)c1ccccc1)c1ccccc1)c1ccccc1. The molecule has 1 saturated carbocycles. The molecule has 224 valence electrons. The number of ether oxygens (including phenoxy) is 1. The highest BCUT2D eigenvalue weighted by Gasteiger charge is 2.50. The van der Waals surface area contributed by atoms with E-state index in [2.05, 4.69) is 141 Å². The van der Waals surface area contributed by atoms with E-state index in [-0.39, 0.29) is 0 Å². The average Bonchev–Trinajstić information content (AvgIpc) is 3.84. The van der Waals surface area contributed by atoms with Gasteiger partial charge in [0.15, 0.2) is 0 Å². The summed E-state index contributed by atoms with van der Waals surface area (Å²) in [6, 6.07) is 45.9. The minimum absolute atomic E-state index is 0.513. The van der Waals surface area contributed by atoms with Crippen LogP contribution in [0.4, 0.5) is 0 Å². The highest BCUT2D eigenvalue weighted by Crippen LogP contribution is 2.42. The third-order valence-corrected chi connectivity index (χ3v) is 23.4. The fraction of sp³-hybridized carbons (Fsp3) is 0.351. The van der Waals surface area contributed by atoms with Crippen LogP contribution in [0.3, 0.4) is 0 Å². The Balaban J connectivity index is 1.34. The molecule has 4 aromatic rings. The van der Waals surface area contributed by atoms with E-state index in [9.17, 15) is 0 Å². The molecule has 4 aromatic carbocycles. The Morgan fingerprint density at radius 1 is 0.581 bits per heavy atom. The molecule has 1 aliphatic heterocycles. The van der Waals surface area contributed by atoms with Crippen LogP contribution in [0, 0.1) is 5.92 Å². The first-order valence-corrected chi connectivity index (χ1v) is 23.7. The van der Waals surface area contributed by atoms with E-state index >= 15 is 0 Å². The average molecular weight is 623 g/mol. The maximum Gasteiger partial charge on any atom is 0.349 e. The summed E-state index contributed by atoms with van der Waals surface area (Å²) in [5, 5.41) is 3.94. The molecule has 6 heteroatoms. The van der Waals surface area contributed by atoms with Crippen molar-refractivity contribution >= 4 is 40.8 Å². The molecule has 2 fully saturated rings. The molecule has 0 N–H and O–H groups in total. The zero-order valence-electron chi connectivity index (χ0n) is 26.0. The van der Waals surface area contributed by atoms with Crippen molar-refractivity contribution in [3.05, 3.63) is 127 Å². The Bertz CT molecular complexity index is 1440. The van der Waals surface area contributed by atoms with E-state index in [0.29, 0.717) is 12.2 Å². The van der Waals surface area contributed by atoms with Crippen LogP contribution in [0.2, 0.25) is 31.7 Å². The lowest BCUT2D eigenvalue weighted by atomic mass is 9.88. The Labute approximate surface area is 261 Å². The highest BCUT2D eigenvalue weighted by molar-refractivity contribution is 7.00. The molecule has 0 bridgehead atoms. The smallest absolute Gasteiger partial charge is 0.349 e. The molecule has 0 amide bonds. The lowest BCUT2D eigenvalue weighted by molar-refractivity contribution is 0.352. The number of benzene rings is 4. The first kappa shape index (κ1) is 30.4. The third kappa shape index (κ3) is 7.39. The Hall–Kier alpha value is -2.59. The van der Waals surface area contributed by atoms with E-state index in [0.717, 1.165) is 24.4 Å². The van der Waals surface area contributed by atoms with Gasteiger partial charge in [0, 0.05) is 0 Å². The van der Waals surface area contributed by atoms with Crippen molar-refractivity contribution in [1.82, 2.24) is 0 Å². The zero-order chi connectivity index (χ0) is 29.8. The molecule has 1 aliphatic carbocycles. The van der Waals surface area contributed by atoms with Gasteiger partial charge in [0.1, 0.15) is 0 Å². The van der Waals surface area contributed by atoms with E-state index < -0.39 is 25.2 Å². The van der Waals surface area contributed by atoms with Crippen LogP contribution in [0.25, 0.3) is 0 Å². The van der Waals surface area contributed by atoms with Crippen molar-refractivity contribution in [1.29, 1.82) is 0 Å². The highest BCUT2D eigenvalue weighted by atomic mass is 28.5. The van der Waals surface area contributed by atoms with E-state index in [1.165, 1.54) is 46.8 Å². The Morgan fingerprint density at radius 3 is 1.60 bits per heavy atom. The topological polar surface area (TPSA) is 31.0 Å². The molecule has 6 rings (SSSR count). The monoisotopic (exact) mass is 622 g/mol. The van der Waals surface area contributed by atoms with Crippen LogP contribution in [-0.4, -0.2) is 37.4 Å². The molecule has 0 spiro atoms. The van der Waals surface area contributed by atoms with E-state index in [4.69, 9.17) is 13.0 Å². The largest absolute Gasteiger partial charge is 0.429 e. The minimum atomic E-state index is -2.89. The third-order valence-electron chi connectivity index (χ3n) is 9.78. The van der Waals surface area contributed by atoms with Gasteiger partial charge in [0.05, 0.1) is 12.2 Å². The molecule has 43 heavy (non-hydrogen) atoms. The van der Waals surface area contributed by atoms with E-state index in [1.807, 2.05) is 0 Å². The molecule has 3 nitrogen and oxygen atoms in total. The number of epoxide rings is 1. The molecule has 1 heterocycles. The summed E-state index contributed by atoms with van der Waals surface area (Å²) < 4.78 is 21.4. The fourth-order valence-corrected chi connectivity index (χ4v) is 22.1. The van der Waals surface area contributed by atoms with Gasteiger partial charge in [0.2, 0.25) is 16.6 Å². The number of aryl methyl sites for hydroxylation is 1. The van der Waals surface area contributed by atoms with Gasteiger partial charge in [0.25, 0.3) is 0 Å². The van der Waals surface area contributed by atoms with Crippen LogP contribution < -0.4 is 15.6 Å². The van der Waals surface area contributed by atoms with Gasteiger partial charge in [-0.05, 0) is 84.5 Å². The molecule has 1 saturated heterocycles. The van der Waals surface area contributed by atoms with Crippen molar-refractivity contribution < 1.29 is 13.0 Å². The number of hydrogen-bond acceptors (Lipinski definition) is 3. The van der Waals surface area contributed by atoms with Crippen LogP contribution in [0.1, 0.15) is 31.2 Å². The molecular weight excluding hydrogens is 577 g/mol. The van der Waals surface area contributed by atoms with Gasteiger partial charge in [-0.15, -0.1) is 0 Å². The number of fused-ring (bicyclic) bond motifs is 1. The lowest BCUT2D eigenvalue weighted by Crippen LogP contribution is -2.67. The molecule has 6 atom stereocenters. The Kier molecular flexibility index (Phi) is 9.33. The molecule has 2 aliphatic rings. The zero-order valence-corrected chi connectivity index (χ0v) is 29.0. The quantitative estimate of drug-likeness (QED) is 0.117. The predicted molar refractivity (Wildman–Crippen MR) is 186 cm³/mol. The molecule has 0 aromatic heterocycles. The first-order chi connectivity index (χ1) is 20.9. The minimum Gasteiger partial charge on any atom is -0.429 e. The summed E-state index contributed by atoms with van der Waals surface area (Å²) in [6.07, 6.45) is 6.97. The van der Waals surface area contributed by atoms with Gasteiger partial charge in [-0.2, -0.15) is 0 Å². The molecular formula is C37H46O3Si3. The van der Waals surface area contributed by atoms with Gasteiger partial charge in [-0.3, -0.25) is 0 Å². The Morgan fingerprint density at radius 2 is 1.07 bits per heavy atom. The first-order valence-electron chi connectivity index (χ1n) is 16.1. The molecule has 6 unspecified atom stereocenters. The van der Waals surface area contributed by atoms with Gasteiger partial charge < -0.3 is 13.0 Å². The number of hydrogen-bond donors (Lipinski definition) is 0. The molecule has 0 radical (unpaired) electrons. The normalized spacial score (nSPS) is 23.7. The van der Waals surface area contributed by atoms with Crippen molar-refractivity contribution in [2.45, 2.75) is 76.0 Å². The second kappa shape index (κ2) is 13.2. The second-order valence-electron chi connectivity index (χ2n) is 13.1. The van der Waals surface area contributed by atoms with Crippen molar-refractivity contribution in [2.75, 3.05) is 0 Å². The summed E-state index contributed by atoms with van der Waals surface area (Å²) in [5.41, 5.74) is 1.36. The maximum absolute atomic E-state index is 7.75. The van der Waals surface area contributed by atoms with E-state index in [1.54, 1.807) is 0 Å². The predicted octanol–water partition coefficient (Wildman–Crippen LogP) is 7.16. The van der Waals surface area contributed by atoms with Crippen LogP contribution in [-0.2, 0) is 19.4 Å². The summed E-state index contributed by atoms with van der Waals surface area (Å²) in [4.78, 5) is 0. The van der Waals surface area contributed by atoms with Crippen molar-refractivity contribution in [3.63, 3.8) is 0 Å². The van der Waals surface area contributed by atoms with Crippen molar-refractivity contribution in [3.8, 4) is 0 Å². The summed E-state index contributed by atoms with van der Waals surface area (Å²) in [5.74, 6) is 0.725. The van der Waals surface area contributed by atoms with Gasteiger partial charge in [-0.25, -0.2) is 0 Å². The van der Waals surface area contributed by atoms with Crippen LogP contribution in [0.15, 0.2) is 121 Å². The van der Waals surface area contributed by atoms with Gasteiger partial charge >= 0.3 is 8.56 Å². The van der Waals surface area contributed by atoms with Gasteiger partial charge in [-0.1, -0.05) is 128 Å². The lowest BCUT2D eigenvalue weighted by Gasteiger charge is -2.44. The summed E-state index contributed by atoms with van der Waals surface area (Å²) in [7, 11) is -7.74. The van der Waals surface area contributed by atoms with Crippen LogP contribution in [0.5, 0.6) is 0 Å². The standard InChI is InChI=1S/C37H46O3Si3/c1-41(33-18-10-5-11-19-33,28-26-31-16-8-4-9-17-31)39-43(3,35-22-14-7-15-23-35)40-42(2,34-20-12-6-13-21-34)29-27-32-24-25-36-37(30-32)38-36/h4-23,32,36-37H,24-30H2,1-3H3. The fourth-order valence-electron chi connectivity index (χ4n) is 7.09. The maximum atomic E-state index is 7.75. The van der Waals surface area contributed by atoms with Crippen LogP contribution >= 0.6 is 0 Å². The van der Waals surface area contributed by atoms with Crippen molar-refractivity contribution in [2.24, 2.45) is 5.92 Å². The number of rotatable bonds is 13.